The fourth-order valence-electron chi connectivity index (χ4n) is 3.87. The van der Waals surface area contributed by atoms with Crippen molar-refractivity contribution in [3.63, 3.8) is 0 Å². The van der Waals surface area contributed by atoms with Crippen LogP contribution in [0.15, 0.2) is 51.7 Å². The highest BCUT2D eigenvalue weighted by Crippen LogP contribution is 2.26. The zero-order valence-corrected chi connectivity index (χ0v) is 16.9. The van der Waals surface area contributed by atoms with Gasteiger partial charge in [0, 0.05) is 37.3 Å². The Morgan fingerprint density at radius 1 is 1.10 bits per heavy atom. The highest BCUT2D eigenvalue weighted by atomic mass is 16.5. The van der Waals surface area contributed by atoms with E-state index < -0.39 is 0 Å². The fourth-order valence-corrected chi connectivity index (χ4v) is 3.87. The lowest BCUT2D eigenvalue weighted by Gasteiger charge is -2.29. The summed E-state index contributed by atoms with van der Waals surface area (Å²) in [6.45, 7) is 6.78. The summed E-state index contributed by atoms with van der Waals surface area (Å²) in [5, 5.41) is 4.21. The summed E-state index contributed by atoms with van der Waals surface area (Å²) in [4.78, 5) is 22.1. The third kappa shape index (κ3) is 3.69. The Morgan fingerprint density at radius 3 is 2.70 bits per heavy atom. The number of H-pyrrole nitrogens is 1. The number of fused-ring (bicyclic) bond motifs is 3. The highest BCUT2D eigenvalue weighted by Gasteiger charge is 2.14. The summed E-state index contributed by atoms with van der Waals surface area (Å²) in [5.74, 6) is 0.495. The number of rotatable bonds is 5. The number of furan rings is 1. The first-order valence-corrected chi connectivity index (χ1v) is 10.2. The molecule has 0 spiro atoms. The molecule has 7 heteroatoms. The molecule has 1 fully saturated rings. The number of aromatic amines is 1. The Labute approximate surface area is 173 Å². The molecule has 1 aliphatic heterocycles. The summed E-state index contributed by atoms with van der Waals surface area (Å²) in [6.07, 6.45) is 0. The minimum atomic E-state index is -0.284. The molecule has 0 aliphatic carbocycles. The van der Waals surface area contributed by atoms with Gasteiger partial charge in [0.25, 0.3) is 5.56 Å². The van der Waals surface area contributed by atoms with E-state index in [0.717, 1.165) is 42.7 Å². The van der Waals surface area contributed by atoms with E-state index in [1.807, 2.05) is 25.1 Å². The monoisotopic (exact) mass is 404 g/mol. The molecule has 5 rings (SSSR count). The summed E-state index contributed by atoms with van der Waals surface area (Å²) in [6, 6.07) is 14.2. The smallest absolute Gasteiger partial charge is 0.294 e. The minimum absolute atomic E-state index is 0.225. The molecule has 0 radical (unpaired) electrons. The van der Waals surface area contributed by atoms with E-state index in [1.54, 1.807) is 0 Å². The lowest BCUT2D eigenvalue weighted by atomic mass is 10.2. The molecule has 7 nitrogen and oxygen atoms in total. The van der Waals surface area contributed by atoms with Gasteiger partial charge in [0.15, 0.2) is 0 Å². The zero-order chi connectivity index (χ0) is 20.5. The van der Waals surface area contributed by atoms with E-state index in [2.05, 4.69) is 44.5 Å². The molecule has 0 amide bonds. The van der Waals surface area contributed by atoms with Crippen LogP contribution in [0, 0.1) is 6.92 Å². The van der Waals surface area contributed by atoms with Gasteiger partial charge in [-0.3, -0.25) is 4.79 Å². The van der Waals surface area contributed by atoms with Crippen molar-refractivity contribution in [1.29, 1.82) is 0 Å². The maximum absolute atomic E-state index is 12.4. The molecular weight excluding hydrogens is 380 g/mol. The van der Waals surface area contributed by atoms with Gasteiger partial charge in [0.2, 0.25) is 5.58 Å². The minimum Gasteiger partial charge on any atom is -0.449 e. The largest absolute Gasteiger partial charge is 0.449 e. The van der Waals surface area contributed by atoms with Gasteiger partial charge >= 0.3 is 0 Å². The van der Waals surface area contributed by atoms with Gasteiger partial charge in [-0.05, 0) is 36.8 Å². The van der Waals surface area contributed by atoms with Crippen molar-refractivity contribution in [2.75, 3.05) is 31.1 Å². The van der Waals surface area contributed by atoms with Gasteiger partial charge in [-0.1, -0.05) is 23.8 Å². The quantitative estimate of drug-likeness (QED) is 0.532. The number of aromatic nitrogens is 2. The van der Waals surface area contributed by atoms with Crippen LogP contribution >= 0.6 is 0 Å². The number of benzene rings is 2. The molecule has 0 saturated carbocycles. The van der Waals surface area contributed by atoms with Crippen molar-refractivity contribution < 1.29 is 9.15 Å². The van der Waals surface area contributed by atoms with Gasteiger partial charge in [0.1, 0.15) is 23.5 Å². The summed E-state index contributed by atoms with van der Waals surface area (Å²) in [7, 11) is 0. The average Bonchev–Trinajstić information content (AvgIpc) is 3.13. The number of nitrogens with zero attached hydrogens (tertiary/aromatic N) is 2. The maximum atomic E-state index is 12.4. The molecule has 30 heavy (non-hydrogen) atoms. The van der Waals surface area contributed by atoms with Crippen LogP contribution in [0.3, 0.4) is 0 Å². The number of hydrogen-bond acceptors (Lipinski definition) is 6. The third-order valence-corrected chi connectivity index (χ3v) is 5.45. The van der Waals surface area contributed by atoms with E-state index in [-0.39, 0.29) is 17.7 Å². The van der Waals surface area contributed by atoms with Crippen molar-refractivity contribution in [2.45, 2.75) is 20.1 Å². The van der Waals surface area contributed by atoms with Crippen molar-refractivity contribution >= 4 is 27.8 Å². The van der Waals surface area contributed by atoms with E-state index >= 15 is 0 Å². The highest BCUT2D eigenvalue weighted by molar-refractivity contribution is 6.02. The van der Waals surface area contributed by atoms with Crippen LogP contribution in [0.5, 0.6) is 0 Å². The molecule has 2 aromatic carbocycles. The molecule has 2 N–H and O–H groups in total. The first-order valence-electron chi connectivity index (χ1n) is 10.2. The molecule has 1 aliphatic rings. The van der Waals surface area contributed by atoms with E-state index in [4.69, 9.17) is 9.15 Å². The molecule has 4 aromatic rings. The third-order valence-electron chi connectivity index (χ3n) is 5.45. The maximum Gasteiger partial charge on any atom is 0.294 e. The van der Waals surface area contributed by atoms with Crippen LogP contribution in [0.2, 0.25) is 0 Å². The van der Waals surface area contributed by atoms with Gasteiger partial charge < -0.3 is 24.4 Å². The number of ether oxygens (including phenoxy) is 1. The Bertz CT molecular complexity index is 1240. The normalized spacial score (nSPS) is 14.6. The fraction of sp³-hybridized carbons (Fsp3) is 0.304. The van der Waals surface area contributed by atoms with Gasteiger partial charge in [-0.2, -0.15) is 0 Å². The summed E-state index contributed by atoms with van der Waals surface area (Å²) in [5.41, 5.74) is 4.62. The van der Waals surface area contributed by atoms with Crippen LogP contribution in [-0.4, -0.2) is 36.1 Å². The van der Waals surface area contributed by atoms with Crippen molar-refractivity contribution in [2.24, 2.45) is 0 Å². The summed E-state index contributed by atoms with van der Waals surface area (Å²) >= 11 is 0. The van der Waals surface area contributed by atoms with E-state index in [0.29, 0.717) is 23.5 Å². The van der Waals surface area contributed by atoms with Crippen LogP contribution in [0.4, 0.5) is 5.69 Å². The molecule has 3 heterocycles. The number of nitrogens with one attached hydrogen (secondary N) is 2. The second-order valence-corrected chi connectivity index (χ2v) is 7.69. The van der Waals surface area contributed by atoms with Crippen molar-refractivity contribution in [3.05, 3.63) is 69.8 Å². The Kier molecular flexibility index (Phi) is 4.98. The van der Waals surface area contributed by atoms with E-state index in [9.17, 15) is 4.79 Å². The number of hydrogen-bond donors (Lipinski definition) is 2. The summed E-state index contributed by atoms with van der Waals surface area (Å²) < 4.78 is 11.5. The number of anilines is 1. The van der Waals surface area contributed by atoms with Crippen molar-refractivity contribution in [3.8, 4) is 0 Å². The van der Waals surface area contributed by atoms with Crippen LogP contribution < -0.4 is 15.8 Å². The molecule has 2 aromatic heterocycles. The Morgan fingerprint density at radius 2 is 1.90 bits per heavy atom. The van der Waals surface area contributed by atoms with Crippen molar-refractivity contribution in [1.82, 2.24) is 15.3 Å². The number of aryl methyl sites for hydroxylation is 1. The lowest BCUT2D eigenvalue weighted by molar-refractivity contribution is 0.102. The average molecular weight is 404 g/mol. The second kappa shape index (κ2) is 7.93. The van der Waals surface area contributed by atoms with E-state index in [1.165, 1.54) is 5.69 Å². The Balaban J connectivity index is 1.28. The van der Waals surface area contributed by atoms with Gasteiger partial charge in [-0.15, -0.1) is 0 Å². The van der Waals surface area contributed by atoms with Gasteiger partial charge in [-0.25, -0.2) is 4.98 Å². The van der Waals surface area contributed by atoms with Gasteiger partial charge in [0.05, 0.1) is 6.61 Å². The van der Waals surface area contributed by atoms with Crippen LogP contribution in [0.1, 0.15) is 17.0 Å². The second-order valence-electron chi connectivity index (χ2n) is 7.69. The number of piperazine rings is 1. The molecule has 154 valence electrons. The molecule has 1 saturated heterocycles. The molecule has 0 bridgehead atoms. The molecule has 0 atom stereocenters. The Hall–Kier alpha value is -3.16. The standard InChI is InChI=1S/C23H24N4O3/c1-15-2-7-19-18(12-15)21-22(30-19)23(28)26-20(25-21)14-29-13-16-3-5-17(6-4-16)27-10-8-24-9-11-27/h2-7,12,24H,8-11,13-14H2,1H3,(H,25,26,28). The molecule has 0 unspecified atom stereocenters. The lowest BCUT2D eigenvalue weighted by Crippen LogP contribution is -2.43. The van der Waals surface area contributed by atoms with Crippen LogP contribution in [-0.2, 0) is 18.0 Å². The first kappa shape index (κ1) is 18.8. The predicted octanol–water partition coefficient (Wildman–Crippen LogP) is 3.10. The zero-order valence-electron chi connectivity index (χ0n) is 16.9. The first-order chi connectivity index (χ1) is 14.7. The SMILES string of the molecule is Cc1ccc2oc3c(=O)[nH]c(COCc4ccc(N5CCNCC5)cc4)nc3c2c1. The molecular formula is C23H24N4O3. The topological polar surface area (TPSA) is 83.4 Å². The predicted molar refractivity (Wildman–Crippen MR) is 117 cm³/mol. The van der Waals surface area contributed by atoms with Crippen LogP contribution in [0.25, 0.3) is 22.1 Å².